The summed E-state index contributed by atoms with van der Waals surface area (Å²) < 4.78 is 12.9. The van der Waals surface area contributed by atoms with Crippen LogP contribution < -0.4 is 9.47 Å². The zero-order valence-corrected chi connectivity index (χ0v) is 17.3. The van der Waals surface area contributed by atoms with Crippen LogP contribution in [0.2, 0.25) is 0 Å². The molecule has 0 spiro atoms. The normalized spacial score (nSPS) is 16.6. The van der Waals surface area contributed by atoms with Gasteiger partial charge in [0.2, 0.25) is 0 Å². The first-order valence-corrected chi connectivity index (χ1v) is 10.5. The Labute approximate surface area is 174 Å². The fourth-order valence-electron chi connectivity index (χ4n) is 3.52. The molecule has 2 aromatic carbocycles. The van der Waals surface area contributed by atoms with Gasteiger partial charge in [-0.25, -0.2) is 0 Å². The Balaban J connectivity index is 1.81. The average Bonchev–Trinajstić information content (AvgIpc) is 3.19. The molecule has 4 rings (SSSR count). The van der Waals surface area contributed by atoms with E-state index in [1.54, 1.807) is 14.2 Å². The minimum atomic E-state index is -0.0736. The molecule has 0 saturated heterocycles. The van der Waals surface area contributed by atoms with Crippen molar-refractivity contribution >= 4 is 17.5 Å². The zero-order chi connectivity index (χ0) is 20.2. The second kappa shape index (κ2) is 8.69. The van der Waals surface area contributed by atoms with Gasteiger partial charge in [0.05, 0.1) is 25.2 Å². The highest BCUT2D eigenvalue weighted by molar-refractivity contribution is 8.00. The summed E-state index contributed by atoms with van der Waals surface area (Å²) in [6, 6.07) is 15.6. The number of carbonyl (C=O) groups excluding carboxylic acids is 1. The Hall–Kier alpha value is -2.80. The first kappa shape index (κ1) is 19.5. The van der Waals surface area contributed by atoms with Crippen LogP contribution in [0, 0.1) is 0 Å². The van der Waals surface area contributed by atoms with Crippen molar-refractivity contribution in [1.82, 2.24) is 14.8 Å². The minimum absolute atomic E-state index is 0.0736. The van der Waals surface area contributed by atoms with E-state index in [1.165, 1.54) is 11.8 Å². The predicted octanol–water partition coefficient (Wildman–Crippen LogP) is 4.56. The van der Waals surface area contributed by atoms with Crippen molar-refractivity contribution in [2.75, 3.05) is 14.2 Å². The number of aromatic nitrogens is 3. The number of rotatable bonds is 6. The van der Waals surface area contributed by atoms with Gasteiger partial charge in [-0.15, -0.1) is 10.2 Å². The molecular weight excluding hydrogens is 386 g/mol. The zero-order valence-electron chi connectivity index (χ0n) is 16.5. The molecule has 0 N–H and O–H groups in total. The number of ether oxygens (including phenoxy) is 2. The summed E-state index contributed by atoms with van der Waals surface area (Å²) in [5.74, 6) is 2.30. The van der Waals surface area contributed by atoms with E-state index in [1.807, 2.05) is 53.1 Å². The van der Waals surface area contributed by atoms with Gasteiger partial charge >= 0.3 is 0 Å². The third-order valence-electron chi connectivity index (χ3n) is 5.04. The number of hydrogen-bond acceptors (Lipinski definition) is 6. The molecule has 1 saturated carbocycles. The molecule has 29 heavy (non-hydrogen) atoms. The molecule has 7 heteroatoms. The van der Waals surface area contributed by atoms with Crippen LogP contribution in [-0.4, -0.2) is 40.0 Å². The molecule has 1 aromatic heterocycles. The molecule has 0 radical (unpaired) electrons. The van der Waals surface area contributed by atoms with Crippen LogP contribution in [0.3, 0.4) is 0 Å². The molecular formula is C22H23N3O3S. The summed E-state index contributed by atoms with van der Waals surface area (Å²) in [6.45, 7) is 0. The molecule has 0 unspecified atom stereocenters. The Kier molecular flexibility index (Phi) is 5.85. The number of ketones is 1. The Morgan fingerprint density at radius 2 is 1.79 bits per heavy atom. The van der Waals surface area contributed by atoms with Crippen LogP contribution in [0.25, 0.3) is 17.1 Å². The molecule has 1 aliphatic carbocycles. The Bertz CT molecular complexity index is 1000. The maximum atomic E-state index is 12.4. The molecule has 1 aliphatic rings. The van der Waals surface area contributed by atoms with E-state index in [-0.39, 0.29) is 5.25 Å². The number of nitrogens with zero attached hydrogens (tertiary/aromatic N) is 3. The minimum Gasteiger partial charge on any atom is -0.493 e. The maximum Gasteiger partial charge on any atom is 0.196 e. The van der Waals surface area contributed by atoms with Gasteiger partial charge in [-0.3, -0.25) is 9.36 Å². The van der Waals surface area contributed by atoms with E-state index in [0.29, 0.717) is 28.9 Å². The molecule has 3 aromatic rings. The summed E-state index contributed by atoms with van der Waals surface area (Å²) in [7, 11) is 3.23. The van der Waals surface area contributed by atoms with Gasteiger partial charge in [0, 0.05) is 18.1 Å². The number of thioether (sulfide) groups is 1. The van der Waals surface area contributed by atoms with E-state index < -0.39 is 0 Å². The second-order valence-electron chi connectivity index (χ2n) is 6.87. The summed E-state index contributed by atoms with van der Waals surface area (Å²) in [4.78, 5) is 12.4. The standard InChI is InChI=1S/C22H23N3O3S/c1-27-18-13-12-16(14-19(18)28-2)25-21(15-8-4-3-5-9-15)23-24-22(25)29-20-11-7-6-10-17(20)26/h3-5,8-9,12-14,20H,6-7,10-11H2,1-2H3/t20-/m1/s1. The van der Waals surface area contributed by atoms with E-state index in [4.69, 9.17) is 9.47 Å². The lowest BCUT2D eigenvalue weighted by Crippen LogP contribution is -2.21. The lowest BCUT2D eigenvalue weighted by molar-refractivity contribution is -0.119. The van der Waals surface area contributed by atoms with Crippen LogP contribution >= 0.6 is 11.8 Å². The lowest BCUT2D eigenvalue weighted by Gasteiger charge is -2.20. The molecule has 0 aliphatic heterocycles. The number of Topliss-reactive ketones (excluding diaryl/α,β-unsaturated/α-hetero) is 1. The van der Waals surface area contributed by atoms with Gasteiger partial charge in [-0.2, -0.15) is 0 Å². The second-order valence-corrected chi connectivity index (χ2v) is 8.04. The fraction of sp³-hybridized carbons (Fsp3) is 0.318. The van der Waals surface area contributed by atoms with Gasteiger partial charge in [0.25, 0.3) is 0 Å². The van der Waals surface area contributed by atoms with E-state index in [0.717, 1.165) is 36.3 Å². The highest BCUT2D eigenvalue weighted by atomic mass is 32.2. The quantitative estimate of drug-likeness (QED) is 0.595. The van der Waals surface area contributed by atoms with Crippen molar-refractivity contribution in [2.45, 2.75) is 36.1 Å². The van der Waals surface area contributed by atoms with Crippen molar-refractivity contribution in [1.29, 1.82) is 0 Å². The predicted molar refractivity (Wildman–Crippen MR) is 113 cm³/mol. The molecule has 0 amide bonds. The average molecular weight is 410 g/mol. The van der Waals surface area contributed by atoms with Gasteiger partial charge in [0.15, 0.2) is 22.5 Å². The third kappa shape index (κ3) is 4.00. The van der Waals surface area contributed by atoms with Gasteiger partial charge in [0.1, 0.15) is 5.78 Å². The van der Waals surface area contributed by atoms with E-state index in [2.05, 4.69) is 10.2 Å². The highest BCUT2D eigenvalue weighted by Crippen LogP contribution is 2.36. The monoisotopic (exact) mass is 409 g/mol. The summed E-state index contributed by atoms with van der Waals surface area (Å²) in [5.41, 5.74) is 1.81. The van der Waals surface area contributed by atoms with Crippen LogP contribution in [0.1, 0.15) is 25.7 Å². The fourth-order valence-corrected chi connectivity index (χ4v) is 4.69. The molecule has 150 valence electrons. The third-order valence-corrected chi connectivity index (χ3v) is 6.30. The first-order chi connectivity index (χ1) is 14.2. The van der Waals surface area contributed by atoms with Gasteiger partial charge in [-0.1, -0.05) is 48.5 Å². The highest BCUT2D eigenvalue weighted by Gasteiger charge is 2.27. The van der Waals surface area contributed by atoms with Crippen molar-refractivity contribution in [3.05, 3.63) is 48.5 Å². The van der Waals surface area contributed by atoms with E-state index >= 15 is 0 Å². The maximum absolute atomic E-state index is 12.4. The van der Waals surface area contributed by atoms with Gasteiger partial charge < -0.3 is 9.47 Å². The molecule has 1 fully saturated rings. The SMILES string of the molecule is COc1ccc(-n2c(S[C@@H]3CCCCC3=O)nnc2-c2ccccc2)cc1OC. The Morgan fingerprint density at radius 3 is 2.52 bits per heavy atom. The van der Waals surface area contributed by atoms with Crippen molar-refractivity contribution in [3.63, 3.8) is 0 Å². The van der Waals surface area contributed by atoms with Crippen LogP contribution in [-0.2, 0) is 4.79 Å². The molecule has 1 heterocycles. The van der Waals surface area contributed by atoms with Crippen LogP contribution in [0.15, 0.2) is 53.7 Å². The molecule has 6 nitrogen and oxygen atoms in total. The first-order valence-electron chi connectivity index (χ1n) is 9.64. The summed E-state index contributed by atoms with van der Waals surface area (Å²) >= 11 is 1.50. The number of hydrogen-bond donors (Lipinski definition) is 0. The summed E-state index contributed by atoms with van der Waals surface area (Å²) in [6.07, 6.45) is 3.57. The van der Waals surface area contributed by atoms with Crippen LogP contribution in [0.4, 0.5) is 0 Å². The lowest BCUT2D eigenvalue weighted by atomic mass is 9.99. The number of benzene rings is 2. The van der Waals surface area contributed by atoms with Crippen molar-refractivity contribution in [3.8, 4) is 28.6 Å². The topological polar surface area (TPSA) is 66.2 Å². The summed E-state index contributed by atoms with van der Waals surface area (Å²) in [5, 5.41) is 9.54. The van der Waals surface area contributed by atoms with Crippen molar-refractivity contribution in [2.24, 2.45) is 0 Å². The molecule has 1 atom stereocenters. The van der Waals surface area contributed by atoms with Gasteiger partial charge in [-0.05, 0) is 25.0 Å². The largest absolute Gasteiger partial charge is 0.493 e. The number of carbonyl (C=O) groups is 1. The number of methoxy groups -OCH3 is 2. The van der Waals surface area contributed by atoms with E-state index in [9.17, 15) is 4.79 Å². The van der Waals surface area contributed by atoms with Crippen LogP contribution in [0.5, 0.6) is 11.5 Å². The Morgan fingerprint density at radius 1 is 1.00 bits per heavy atom. The molecule has 0 bridgehead atoms. The smallest absolute Gasteiger partial charge is 0.196 e. The van der Waals surface area contributed by atoms with Crippen molar-refractivity contribution < 1.29 is 14.3 Å².